The fourth-order valence-electron chi connectivity index (χ4n) is 3.45. The first kappa shape index (κ1) is 20.6. The van der Waals surface area contributed by atoms with Crippen LogP contribution in [0.25, 0.3) is 0 Å². The van der Waals surface area contributed by atoms with E-state index >= 15 is 0 Å². The van der Waals surface area contributed by atoms with E-state index in [1.54, 1.807) is 24.3 Å². The van der Waals surface area contributed by atoms with Crippen molar-refractivity contribution in [3.05, 3.63) is 84.4 Å². The van der Waals surface area contributed by atoms with E-state index in [1.165, 1.54) is 28.4 Å². The fraction of sp³-hybridized carbons (Fsp3) is 0.143. The van der Waals surface area contributed by atoms with Crippen LogP contribution in [0.15, 0.2) is 58.4 Å². The van der Waals surface area contributed by atoms with Crippen LogP contribution in [-0.4, -0.2) is 16.8 Å². The van der Waals surface area contributed by atoms with Crippen LogP contribution >= 0.6 is 50.5 Å². The van der Waals surface area contributed by atoms with E-state index in [0.717, 1.165) is 4.88 Å². The maximum atomic E-state index is 13.3. The number of carbonyl (C=O) groups excluding carboxylic acids is 2. The van der Waals surface area contributed by atoms with Crippen molar-refractivity contribution in [2.24, 2.45) is 0 Å². The molecule has 1 atom stereocenters. The maximum absolute atomic E-state index is 13.3. The molecular weight excluding hydrogens is 497 g/mol. The summed E-state index contributed by atoms with van der Waals surface area (Å²) in [6.45, 7) is 0.323. The normalized spacial score (nSPS) is 18.2. The van der Waals surface area contributed by atoms with Crippen LogP contribution in [0.5, 0.6) is 0 Å². The third-order valence-corrected chi connectivity index (χ3v) is 6.74. The molecule has 1 aromatic heterocycles. The second kappa shape index (κ2) is 7.85. The van der Waals surface area contributed by atoms with Gasteiger partial charge in [-0.25, -0.2) is 0 Å². The summed E-state index contributed by atoms with van der Waals surface area (Å²) in [5.41, 5.74) is -0.780. The molecule has 29 heavy (non-hydrogen) atoms. The zero-order chi connectivity index (χ0) is 20.8. The summed E-state index contributed by atoms with van der Waals surface area (Å²) in [4.78, 5) is 28.7. The first-order chi connectivity index (χ1) is 13.8. The van der Waals surface area contributed by atoms with E-state index in [1.807, 2.05) is 17.5 Å². The summed E-state index contributed by atoms with van der Waals surface area (Å²) < 4.78 is 0.706. The molecule has 1 amide bonds. The van der Waals surface area contributed by atoms with Gasteiger partial charge in [0.05, 0.1) is 23.7 Å². The summed E-state index contributed by atoms with van der Waals surface area (Å²) in [6.07, 6.45) is -0.419. The third kappa shape index (κ3) is 3.76. The Morgan fingerprint density at radius 2 is 1.97 bits per heavy atom. The molecule has 4 rings (SSSR count). The van der Waals surface area contributed by atoms with Gasteiger partial charge in [0.15, 0.2) is 11.4 Å². The van der Waals surface area contributed by atoms with Gasteiger partial charge in [0, 0.05) is 25.5 Å². The van der Waals surface area contributed by atoms with Crippen LogP contribution < -0.4 is 4.90 Å². The van der Waals surface area contributed by atoms with Crippen molar-refractivity contribution in [3.63, 3.8) is 0 Å². The fourth-order valence-corrected chi connectivity index (χ4v) is 5.02. The highest BCUT2D eigenvalue weighted by Gasteiger charge is 2.51. The molecule has 4 nitrogen and oxygen atoms in total. The number of Topliss-reactive ketones (excluding diaryl/α,β-unsaturated/α-hetero) is 1. The second-order valence-corrected chi connectivity index (χ2v) is 9.51. The molecule has 0 spiro atoms. The highest BCUT2D eigenvalue weighted by Crippen LogP contribution is 2.45. The predicted octanol–water partition coefficient (Wildman–Crippen LogP) is 5.82. The van der Waals surface area contributed by atoms with E-state index in [-0.39, 0.29) is 10.6 Å². The minimum atomic E-state index is -1.98. The summed E-state index contributed by atoms with van der Waals surface area (Å²) >= 11 is 17.0. The molecule has 0 saturated carbocycles. The van der Waals surface area contributed by atoms with E-state index < -0.39 is 23.7 Å². The summed E-state index contributed by atoms with van der Waals surface area (Å²) in [6, 6.07) is 13.6. The van der Waals surface area contributed by atoms with Crippen LogP contribution in [0, 0.1) is 0 Å². The molecule has 0 aliphatic carbocycles. The molecule has 0 saturated heterocycles. The molecule has 2 aromatic carbocycles. The summed E-state index contributed by atoms with van der Waals surface area (Å²) in [5.74, 6) is -0.969. The van der Waals surface area contributed by atoms with Crippen molar-refractivity contribution in [2.45, 2.75) is 18.6 Å². The predicted molar refractivity (Wildman–Crippen MR) is 119 cm³/mol. The molecule has 0 fully saturated rings. The van der Waals surface area contributed by atoms with Gasteiger partial charge in [0.2, 0.25) is 0 Å². The summed E-state index contributed by atoms with van der Waals surface area (Å²) in [7, 11) is 0. The van der Waals surface area contributed by atoms with Crippen molar-refractivity contribution >= 4 is 67.8 Å². The zero-order valence-electron chi connectivity index (χ0n) is 14.9. The van der Waals surface area contributed by atoms with Gasteiger partial charge >= 0.3 is 0 Å². The van der Waals surface area contributed by atoms with Gasteiger partial charge in [-0.2, -0.15) is 0 Å². The van der Waals surface area contributed by atoms with Gasteiger partial charge in [-0.1, -0.05) is 45.2 Å². The number of thiophene rings is 1. The number of rotatable bonds is 5. The number of amides is 1. The Balaban J connectivity index is 1.72. The van der Waals surface area contributed by atoms with Crippen molar-refractivity contribution in [2.75, 3.05) is 4.90 Å². The topological polar surface area (TPSA) is 57.6 Å². The van der Waals surface area contributed by atoms with Crippen LogP contribution in [0.2, 0.25) is 10.0 Å². The number of hydrogen-bond donors (Lipinski definition) is 1. The molecule has 1 unspecified atom stereocenters. The number of halogens is 3. The van der Waals surface area contributed by atoms with Gasteiger partial charge in [-0.15, -0.1) is 11.3 Å². The minimum Gasteiger partial charge on any atom is -0.375 e. The maximum Gasteiger partial charge on any atom is 0.264 e. The highest BCUT2D eigenvalue weighted by molar-refractivity contribution is 9.10. The van der Waals surface area contributed by atoms with Crippen LogP contribution in [0.4, 0.5) is 5.69 Å². The number of anilines is 1. The van der Waals surface area contributed by atoms with Crippen molar-refractivity contribution in [1.82, 2.24) is 0 Å². The molecule has 0 radical (unpaired) electrons. The largest absolute Gasteiger partial charge is 0.375 e. The number of benzene rings is 2. The molecule has 0 bridgehead atoms. The van der Waals surface area contributed by atoms with Crippen LogP contribution in [0.3, 0.4) is 0 Å². The molecule has 8 heteroatoms. The molecule has 1 aliphatic heterocycles. The van der Waals surface area contributed by atoms with E-state index in [2.05, 4.69) is 15.9 Å². The minimum absolute atomic E-state index is 0.182. The standard InChI is InChI=1S/C21H14BrCl2NO3S/c22-12-3-6-18-16(8-12)21(28,20(27)25(18)11-14-2-1-7-29-14)10-19(26)15-5-4-13(23)9-17(15)24/h1-9,28H,10-11H2. The van der Waals surface area contributed by atoms with Crippen molar-refractivity contribution < 1.29 is 14.7 Å². The number of nitrogens with zero attached hydrogens (tertiary/aromatic N) is 1. The Bertz CT molecular complexity index is 1120. The van der Waals surface area contributed by atoms with Crippen LogP contribution in [0.1, 0.15) is 27.2 Å². The Kier molecular flexibility index (Phi) is 5.57. The highest BCUT2D eigenvalue weighted by atomic mass is 79.9. The van der Waals surface area contributed by atoms with Gasteiger partial charge in [0.1, 0.15) is 0 Å². The lowest BCUT2D eigenvalue weighted by Gasteiger charge is -2.22. The van der Waals surface area contributed by atoms with E-state index in [4.69, 9.17) is 23.2 Å². The van der Waals surface area contributed by atoms with Gasteiger partial charge < -0.3 is 10.0 Å². The molecule has 2 heterocycles. The smallest absolute Gasteiger partial charge is 0.264 e. The summed E-state index contributed by atoms with van der Waals surface area (Å²) in [5, 5.41) is 13.9. The molecule has 1 N–H and O–H groups in total. The number of ketones is 1. The average molecular weight is 511 g/mol. The second-order valence-electron chi connectivity index (χ2n) is 6.72. The van der Waals surface area contributed by atoms with E-state index in [9.17, 15) is 14.7 Å². The first-order valence-electron chi connectivity index (χ1n) is 8.64. The quantitative estimate of drug-likeness (QED) is 0.439. The molecule has 148 valence electrons. The monoisotopic (exact) mass is 509 g/mol. The number of aliphatic hydroxyl groups is 1. The third-order valence-electron chi connectivity index (χ3n) is 4.84. The SMILES string of the molecule is O=C(CC1(O)C(=O)N(Cc2cccs2)c2ccc(Br)cc21)c1ccc(Cl)cc1Cl. The number of hydrogen-bond acceptors (Lipinski definition) is 4. The Hall–Kier alpha value is -1.70. The zero-order valence-corrected chi connectivity index (χ0v) is 18.8. The molecular formula is C21H14BrCl2NO3S. The Morgan fingerprint density at radius 3 is 2.66 bits per heavy atom. The Morgan fingerprint density at radius 1 is 1.17 bits per heavy atom. The van der Waals surface area contributed by atoms with Crippen molar-refractivity contribution in [1.29, 1.82) is 0 Å². The lowest BCUT2D eigenvalue weighted by molar-refractivity contribution is -0.136. The number of fused-ring (bicyclic) bond motifs is 1. The van der Waals surface area contributed by atoms with Gasteiger partial charge in [0.25, 0.3) is 5.91 Å². The first-order valence-corrected chi connectivity index (χ1v) is 11.1. The lowest BCUT2D eigenvalue weighted by atomic mass is 9.88. The van der Waals surface area contributed by atoms with E-state index in [0.29, 0.717) is 27.3 Å². The van der Waals surface area contributed by atoms with Gasteiger partial charge in [-0.3, -0.25) is 9.59 Å². The van der Waals surface area contributed by atoms with Gasteiger partial charge in [-0.05, 0) is 47.8 Å². The average Bonchev–Trinajstić information content (AvgIpc) is 3.24. The number of carbonyl (C=O) groups is 2. The molecule has 1 aliphatic rings. The van der Waals surface area contributed by atoms with Crippen LogP contribution in [-0.2, 0) is 16.9 Å². The van der Waals surface area contributed by atoms with Crippen molar-refractivity contribution in [3.8, 4) is 0 Å². The molecule has 3 aromatic rings. The lowest BCUT2D eigenvalue weighted by Crippen LogP contribution is -2.41. The Labute approximate surface area is 189 Å².